The van der Waals surface area contributed by atoms with E-state index in [1.165, 1.54) is 0 Å². The lowest BCUT2D eigenvalue weighted by atomic mass is 10.1. The monoisotopic (exact) mass is 287 g/mol. The molecule has 1 heterocycles. The van der Waals surface area contributed by atoms with E-state index in [9.17, 15) is 4.79 Å². The van der Waals surface area contributed by atoms with E-state index in [-0.39, 0.29) is 11.9 Å². The highest BCUT2D eigenvalue weighted by Crippen LogP contribution is 2.22. The van der Waals surface area contributed by atoms with Gasteiger partial charge in [0.1, 0.15) is 5.76 Å². The van der Waals surface area contributed by atoms with Gasteiger partial charge in [-0.25, -0.2) is 0 Å². The van der Waals surface area contributed by atoms with Crippen LogP contribution in [0.2, 0.25) is 0 Å². The Labute approximate surface area is 124 Å². The molecule has 2 N–H and O–H groups in total. The summed E-state index contributed by atoms with van der Waals surface area (Å²) in [6.07, 6.45) is 0. The highest BCUT2D eigenvalue weighted by molar-refractivity contribution is 5.95. The first-order valence-electron chi connectivity index (χ1n) is 6.96. The Morgan fingerprint density at radius 2 is 2.00 bits per heavy atom. The maximum Gasteiger partial charge on any atom is 0.251 e. The fourth-order valence-electron chi connectivity index (χ4n) is 2.55. The smallest absolute Gasteiger partial charge is 0.251 e. The van der Waals surface area contributed by atoms with Crippen LogP contribution in [0.3, 0.4) is 0 Å². The van der Waals surface area contributed by atoms with Crippen molar-refractivity contribution < 1.29 is 9.32 Å². The Kier molecular flexibility index (Phi) is 4.31. The second kappa shape index (κ2) is 5.99. The molecule has 5 heteroatoms. The maximum absolute atomic E-state index is 12.3. The zero-order valence-corrected chi connectivity index (χ0v) is 13.1. The summed E-state index contributed by atoms with van der Waals surface area (Å²) in [5.74, 6) is 0.635. The molecule has 1 aromatic carbocycles. The quantitative estimate of drug-likeness (QED) is 0.906. The molecular weight excluding hydrogens is 266 g/mol. The summed E-state index contributed by atoms with van der Waals surface area (Å²) < 4.78 is 5.14. The van der Waals surface area contributed by atoms with Gasteiger partial charge in [0.15, 0.2) is 0 Å². The van der Waals surface area contributed by atoms with Crippen molar-refractivity contribution in [2.75, 3.05) is 12.4 Å². The molecule has 1 atom stereocenters. The van der Waals surface area contributed by atoms with Gasteiger partial charge in [-0.15, -0.1) is 0 Å². The predicted octanol–water partition coefficient (Wildman–Crippen LogP) is 3.13. The maximum atomic E-state index is 12.3. The van der Waals surface area contributed by atoms with Gasteiger partial charge in [-0.2, -0.15) is 0 Å². The van der Waals surface area contributed by atoms with Crippen LogP contribution in [-0.4, -0.2) is 18.1 Å². The molecule has 1 amide bonds. The molecule has 0 spiro atoms. The summed E-state index contributed by atoms with van der Waals surface area (Å²) in [6.45, 7) is 7.63. The van der Waals surface area contributed by atoms with E-state index >= 15 is 0 Å². The van der Waals surface area contributed by atoms with Crippen LogP contribution < -0.4 is 10.6 Å². The molecule has 0 aliphatic rings. The lowest BCUT2D eigenvalue weighted by molar-refractivity contribution is 0.0939. The van der Waals surface area contributed by atoms with E-state index in [1.54, 1.807) is 0 Å². The number of nitrogens with zero attached hydrogens (tertiary/aromatic N) is 1. The van der Waals surface area contributed by atoms with Crippen LogP contribution in [0.15, 0.2) is 22.7 Å². The molecule has 2 aromatic rings. The van der Waals surface area contributed by atoms with Crippen LogP contribution in [0.25, 0.3) is 0 Å². The van der Waals surface area contributed by atoms with Crippen LogP contribution >= 0.6 is 0 Å². The summed E-state index contributed by atoms with van der Waals surface area (Å²) in [4.78, 5) is 12.3. The standard InChI is InChI=1S/C16H21N3O2/c1-9-8-13(6-7-14(9)17-5)16(20)18-10(2)15-11(3)19-21-12(15)4/h6-8,10,17H,1-5H3,(H,18,20). The average molecular weight is 287 g/mol. The molecular formula is C16H21N3O2. The predicted molar refractivity (Wildman–Crippen MR) is 82.6 cm³/mol. The number of benzene rings is 1. The van der Waals surface area contributed by atoms with Crippen LogP contribution in [0.5, 0.6) is 0 Å². The van der Waals surface area contributed by atoms with E-state index in [4.69, 9.17) is 4.52 Å². The number of aromatic nitrogens is 1. The minimum Gasteiger partial charge on any atom is -0.388 e. The van der Waals surface area contributed by atoms with Crippen molar-refractivity contribution in [3.05, 3.63) is 46.3 Å². The van der Waals surface area contributed by atoms with E-state index in [1.807, 2.05) is 52.9 Å². The third-order valence-electron chi connectivity index (χ3n) is 3.63. The van der Waals surface area contributed by atoms with Crippen molar-refractivity contribution in [3.63, 3.8) is 0 Å². The number of carbonyl (C=O) groups excluding carboxylic acids is 1. The first-order chi connectivity index (χ1) is 9.93. The molecule has 21 heavy (non-hydrogen) atoms. The lowest BCUT2D eigenvalue weighted by Gasteiger charge is -2.14. The first-order valence-corrected chi connectivity index (χ1v) is 6.96. The molecule has 0 saturated carbocycles. The van der Waals surface area contributed by atoms with Gasteiger partial charge < -0.3 is 15.2 Å². The number of hydrogen-bond donors (Lipinski definition) is 2. The Hall–Kier alpha value is -2.30. The number of anilines is 1. The topological polar surface area (TPSA) is 67.2 Å². The molecule has 1 aromatic heterocycles. The number of rotatable bonds is 4. The second-order valence-electron chi connectivity index (χ2n) is 5.21. The summed E-state index contributed by atoms with van der Waals surface area (Å²) >= 11 is 0. The van der Waals surface area contributed by atoms with Gasteiger partial charge in [0, 0.05) is 23.9 Å². The van der Waals surface area contributed by atoms with E-state index in [0.29, 0.717) is 5.56 Å². The van der Waals surface area contributed by atoms with Gasteiger partial charge in [-0.3, -0.25) is 4.79 Å². The Morgan fingerprint density at radius 1 is 1.29 bits per heavy atom. The fraction of sp³-hybridized carbons (Fsp3) is 0.375. The molecule has 1 unspecified atom stereocenters. The average Bonchev–Trinajstić information content (AvgIpc) is 2.77. The SMILES string of the molecule is CNc1ccc(C(=O)NC(C)c2c(C)noc2C)cc1C. The van der Waals surface area contributed by atoms with E-state index < -0.39 is 0 Å². The minimum absolute atomic E-state index is 0.103. The Balaban J connectivity index is 2.16. The number of aryl methyl sites for hydroxylation is 3. The Morgan fingerprint density at radius 3 is 2.52 bits per heavy atom. The minimum atomic E-state index is -0.145. The fourth-order valence-corrected chi connectivity index (χ4v) is 2.55. The van der Waals surface area contributed by atoms with Crippen LogP contribution in [0.1, 0.15) is 45.9 Å². The van der Waals surface area contributed by atoms with Crippen molar-refractivity contribution in [1.82, 2.24) is 10.5 Å². The second-order valence-corrected chi connectivity index (χ2v) is 5.21. The highest BCUT2D eigenvalue weighted by atomic mass is 16.5. The summed E-state index contributed by atoms with van der Waals surface area (Å²) in [7, 11) is 1.86. The van der Waals surface area contributed by atoms with Crippen molar-refractivity contribution in [1.29, 1.82) is 0 Å². The molecule has 0 saturated heterocycles. The Bertz CT molecular complexity index is 642. The normalized spacial score (nSPS) is 12.0. The third-order valence-corrected chi connectivity index (χ3v) is 3.63. The van der Waals surface area contributed by atoms with Gasteiger partial charge in [-0.05, 0) is 51.5 Å². The number of carbonyl (C=O) groups is 1. The van der Waals surface area contributed by atoms with Crippen LogP contribution in [0.4, 0.5) is 5.69 Å². The molecule has 2 rings (SSSR count). The molecule has 112 valence electrons. The summed E-state index contributed by atoms with van der Waals surface area (Å²) in [6, 6.07) is 5.45. The lowest BCUT2D eigenvalue weighted by Crippen LogP contribution is -2.27. The molecule has 0 aliphatic carbocycles. The largest absolute Gasteiger partial charge is 0.388 e. The first kappa shape index (κ1) is 15.1. The van der Waals surface area contributed by atoms with Crippen molar-refractivity contribution in [2.24, 2.45) is 0 Å². The van der Waals surface area contributed by atoms with E-state index in [2.05, 4.69) is 15.8 Å². The number of hydrogen-bond acceptors (Lipinski definition) is 4. The zero-order valence-electron chi connectivity index (χ0n) is 13.1. The molecule has 5 nitrogen and oxygen atoms in total. The molecule has 0 bridgehead atoms. The highest BCUT2D eigenvalue weighted by Gasteiger charge is 2.19. The van der Waals surface area contributed by atoms with Gasteiger partial charge in [-0.1, -0.05) is 5.16 Å². The van der Waals surface area contributed by atoms with Crippen LogP contribution in [-0.2, 0) is 0 Å². The van der Waals surface area contributed by atoms with Gasteiger partial charge in [0.05, 0.1) is 11.7 Å². The zero-order chi connectivity index (χ0) is 15.6. The molecule has 0 radical (unpaired) electrons. The van der Waals surface area contributed by atoms with Crippen molar-refractivity contribution in [2.45, 2.75) is 33.7 Å². The summed E-state index contributed by atoms with van der Waals surface area (Å²) in [5.41, 5.74) is 4.44. The number of amides is 1. The van der Waals surface area contributed by atoms with Gasteiger partial charge in [0.2, 0.25) is 0 Å². The van der Waals surface area contributed by atoms with Crippen LogP contribution in [0, 0.1) is 20.8 Å². The molecule has 0 aliphatic heterocycles. The molecule has 0 fully saturated rings. The third kappa shape index (κ3) is 3.07. The van der Waals surface area contributed by atoms with Crippen molar-refractivity contribution >= 4 is 11.6 Å². The number of nitrogens with one attached hydrogen (secondary N) is 2. The summed E-state index contributed by atoms with van der Waals surface area (Å²) in [5, 5.41) is 9.99. The van der Waals surface area contributed by atoms with Gasteiger partial charge in [0.25, 0.3) is 5.91 Å². The van der Waals surface area contributed by atoms with Crippen molar-refractivity contribution in [3.8, 4) is 0 Å². The van der Waals surface area contributed by atoms with E-state index in [0.717, 1.165) is 28.3 Å². The van der Waals surface area contributed by atoms with Gasteiger partial charge >= 0.3 is 0 Å².